The van der Waals surface area contributed by atoms with E-state index in [1.807, 2.05) is 0 Å². The van der Waals surface area contributed by atoms with Gasteiger partial charge in [0.1, 0.15) is 0 Å². The molecule has 24 heavy (non-hydrogen) atoms. The Kier molecular flexibility index (Phi) is 25.2. The van der Waals surface area contributed by atoms with E-state index in [0.717, 1.165) is 25.7 Å². The minimum atomic E-state index is -0.679. The molecule has 6 heteroatoms. The van der Waals surface area contributed by atoms with Crippen molar-refractivity contribution < 1.29 is 19.8 Å². The SMILES string of the molecule is N.N.O=C(O)CCCCCCCCCCCCCCCCC(=O)O. The first-order valence-electron chi connectivity index (χ1n) is 9.06. The Morgan fingerprint density at radius 3 is 0.750 bits per heavy atom. The zero-order valence-corrected chi connectivity index (χ0v) is 15.4. The van der Waals surface area contributed by atoms with Crippen molar-refractivity contribution in [2.45, 2.75) is 103 Å². The van der Waals surface area contributed by atoms with Gasteiger partial charge in [0, 0.05) is 12.8 Å². The van der Waals surface area contributed by atoms with Gasteiger partial charge in [-0.3, -0.25) is 9.59 Å². The van der Waals surface area contributed by atoms with Gasteiger partial charge in [-0.2, -0.15) is 0 Å². The molecule has 0 fully saturated rings. The molecule has 6 nitrogen and oxygen atoms in total. The Hall–Kier alpha value is -1.14. The van der Waals surface area contributed by atoms with E-state index in [1.54, 1.807) is 0 Å². The summed E-state index contributed by atoms with van der Waals surface area (Å²) < 4.78 is 0. The highest BCUT2D eigenvalue weighted by Crippen LogP contribution is 2.13. The van der Waals surface area contributed by atoms with E-state index in [9.17, 15) is 9.59 Å². The average Bonchev–Trinajstić information content (AvgIpc) is 2.46. The first-order valence-corrected chi connectivity index (χ1v) is 9.06. The van der Waals surface area contributed by atoms with Crippen LogP contribution >= 0.6 is 0 Å². The summed E-state index contributed by atoms with van der Waals surface area (Å²) in [6, 6.07) is 0. The lowest BCUT2D eigenvalue weighted by atomic mass is 10.0. The molecule has 0 amide bonds. The van der Waals surface area contributed by atoms with Gasteiger partial charge in [0.15, 0.2) is 0 Å². The smallest absolute Gasteiger partial charge is 0.303 e. The number of hydrogen-bond acceptors (Lipinski definition) is 4. The minimum absolute atomic E-state index is 0. The van der Waals surface area contributed by atoms with E-state index in [1.165, 1.54) is 64.2 Å². The Morgan fingerprint density at radius 1 is 0.417 bits per heavy atom. The third-order valence-corrected chi connectivity index (χ3v) is 4.03. The molecule has 0 unspecified atom stereocenters. The molecular weight excluding hydrogens is 308 g/mol. The van der Waals surface area contributed by atoms with Crippen LogP contribution in [-0.4, -0.2) is 22.2 Å². The fraction of sp³-hybridized carbons (Fsp3) is 0.889. The predicted octanol–water partition coefficient (Wildman–Crippen LogP) is 5.72. The molecule has 0 saturated carbocycles. The van der Waals surface area contributed by atoms with Crippen molar-refractivity contribution in [3.63, 3.8) is 0 Å². The van der Waals surface area contributed by atoms with Crippen LogP contribution in [0.15, 0.2) is 0 Å². The molecule has 0 aliphatic carbocycles. The van der Waals surface area contributed by atoms with Gasteiger partial charge in [-0.25, -0.2) is 0 Å². The van der Waals surface area contributed by atoms with Gasteiger partial charge in [0.2, 0.25) is 0 Å². The molecule has 0 radical (unpaired) electrons. The fourth-order valence-corrected chi connectivity index (χ4v) is 2.67. The number of unbranched alkanes of at least 4 members (excludes halogenated alkanes) is 13. The highest BCUT2D eigenvalue weighted by Gasteiger charge is 1.98. The van der Waals surface area contributed by atoms with Gasteiger partial charge in [0.05, 0.1) is 0 Å². The number of aliphatic carboxylic acids is 2. The van der Waals surface area contributed by atoms with Crippen LogP contribution in [0.5, 0.6) is 0 Å². The lowest BCUT2D eigenvalue weighted by Gasteiger charge is -2.03. The number of carboxylic acid groups (broad SMARTS) is 2. The fourth-order valence-electron chi connectivity index (χ4n) is 2.67. The number of carbonyl (C=O) groups is 2. The van der Waals surface area contributed by atoms with Crippen molar-refractivity contribution in [3.8, 4) is 0 Å². The minimum Gasteiger partial charge on any atom is -0.481 e. The van der Waals surface area contributed by atoms with Crippen LogP contribution in [0.2, 0.25) is 0 Å². The third kappa shape index (κ3) is 25.8. The first kappa shape index (κ1) is 27.7. The summed E-state index contributed by atoms with van der Waals surface area (Å²) in [5.74, 6) is -1.36. The molecule has 0 atom stereocenters. The van der Waals surface area contributed by atoms with Gasteiger partial charge in [-0.15, -0.1) is 0 Å². The second kappa shape index (κ2) is 21.9. The summed E-state index contributed by atoms with van der Waals surface area (Å²) in [5, 5.41) is 17.0. The summed E-state index contributed by atoms with van der Waals surface area (Å²) in [5.41, 5.74) is 0. The summed E-state index contributed by atoms with van der Waals surface area (Å²) in [6.07, 6.45) is 17.0. The van der Waals surface area contributed by atoms with Gasteiger partial charge in [-0.05, 0) is 12.8 Å². The van der Waals surface area contributed by atoms with Crippen molar-refractivity contribution in [1.82, 2.24) is 12.3 Å². The standard InChI is InChI=1S/C18H34O4.2H3N/c19-17(20)15-13-11-9-7-5-3-1-2-4-6-8-10-12-14-16-18(21)22;;/h1-16H2,(H,19,20)(H,21,22);2*1H3. The molecule has 0 aliphatic heterocycles. The Bertz CT molecular complexity index is 258. The lowest BCUT2D eigenvalue weighted by molar-refractivity contribution is -0.138. The average molecular weight is 349 g/mol. The molecule has 0 heterocycles. The number of hydrogen-bond donors (Lipinski definition) is 4. The van der Waals surface area contributed by atoms with Crippen LogP contribution in [0.1, 0.15) is 103 Å². The normalized spacial score (nSPS) is 9.83. The molecule has 0 aromatic heterocycles. The summed E-state index contributed by atoms with van der Waals surface area (Å²) in [6.45, 7) is 0. The van der Waals surface area contributed by atoms with E-state index in [2.05, 4.69) is 0 Å². The van der Waals surface area contributed by atoms with Crippen LogP contribution in [0.25, 0.3) is 0 Å². The summed E-state index contributed by atoms with van der Waals surface area (Å²) >= 11 is 0. The van der Waals surface area contributed by atoms with Crippen molar-refractivity contribution in [2.24, 2.45) is 0 Å². The zero-order valence-electron chi connectivity index (χ0n) is 15.4. The van der Waals surface area contributed by atoms with Crippen LogP contribution in [0.3, 0.4) is 0 Å². The van der Waals surface area contributed by atoms with Gasteiger partial charge < -0.3 is 22.5 Å². The maximum atomic E-state index is 10.3. The summed E-state index contributed by atoms with van der Waals surface area (Å²) in [7, 11) is 0. The van der Waals surface area contributed by atoms with Crippen LogP contribution < -0.4 is 12.3 Å². The topological polar surface area (TPSA) is 145 Å². The molecule has 0 spiro atoms. The van der Waals surface area contributed by atoms with Crippen molar-refractivity contribution in [2.75, 3.05) is 0 Å². The lowest BCUT2D eigenvalue weighted by Crippen LogP contribution is -1.93. The molecule has 146 valence electrons. The molecule has 0 saturated heterocycles. The quantitative estimate of drug-likeness (QED) is 0.247. The second-order valence-corrected chi connectivity index (χ2v) is 6.24. The highest BCUT2D eigenvalue weighted by molar-refractivity contribution is 5.66. The van der Waals surface area contributed by atoms with E-state index >= 15 is 0 Å². The summed E-state index contributed by atoms with van der Waals surface area (Å²) in [4.78, 5) is 20.7. The molecule has 0 rings (SSSR count). The molecule has 8 N–H and O–H groups in total. The number of rotatable bonds is 17. The van der Waals surface area contributed by atoms with E-state index in [0.29, 0.717) is 12.8 Å². The molecule has 0 bridgehead atoms. The Balaban J connectivity index is -0.00000220. The molecular formula is C18H40N2O4. The highest BCUT2D eigenvalue weighted by atomic mass is 16.4. The van der Waals surface area contributed by atoms with Gasteiger partial charge >= 0.3 is 11.9 Å². The van der Waals surface area contributed by atoms with Gasteiger partial charge in [0.25, 0.3) is 0 Å². The molecule has 0 aromatic carbocycles. The van der Waals surface area contributed by atoms with Crippen LogP contribution in [0.4, 0.5) is 0 Å². The molecule has 0 aromatic rings. The zero-order chi connectivity index (χ0) is 16.5. The second-order valence-electron chi connectivity index (χ2n) is 6.24. The first-order chi connectivity index (χ1) is 10.6. The van der Waals surface area contributed by atoms with Crippen LogP contribution in [-0.2, 0) is 9.59 Å². The van der Waals surface area contributed by atoms with Crippen LogP contribution in [0, 0.1) is 0 Å². The Labute approximate surface area is 147 Å². The van der Waals surface area contributed by atoms with E-state index in [4.69, 9.17) is 10.2 Å². The van der Waals surface area contributed by atoms with Crippen molar-refractivity contribution in [1.29, 1.82) is 0 Å². The van der Waals surface area contributed by atoms with E-state index < -0.39 is 11.9 Å². The monoisotopic (exact) mass is 348 g/mol. The maximum absolute atomic E-state index is 10.3. The van der Waals surface area contributed by atoms with Crippen molar-refractivity contribution in [3.05, 3.63) is 0 Å². The van der Waals surface area contributed by atoms with Crippen molar-refractivity contribution >= 4 is 11.9 Å². The maximum Gasteiger partial charge on any atom is 0.303 e. The van der Waals surface area contributed by atoms with Gasteiger partial charge in [-0.1, -0.05) is 77.0 Å². The Morgan fingerprint density at radius 2 is 0.583 bits per heavy atom. The third-order valence-electron chi connectivity index (χ3n) is 4.03. The predicted molar refractivity (Wildman–Crippen MR) is 99.2 cm³/mol. The van der Waals surface area contributed by atoms with E-state index in [-0.39, 0.29) is 12.3 Å². The molecule has 0 aliphatic rings. The number of carboxylic acids is 2. The largest absolute Gasteiger partial charge is 0.481 e.